The summed E-state index contributed by atoms with van der Waals surface area (Å²) in [5.74, 6) is -1.01. The zero-order valence-corrected chi connectivity index (χ0v) is 11.5. The van der Waals surface area contributed by atoms with Crippen LogP contribution in [0.2, 0.25) is 0 Å². The molecule has 3 atom stereocenters. The molecule has 0 aromatic rings. The predicted octanol–water partition coefficient (Wildman–Crippen LogP) is 1.51. The average Bonchev–Trinajstić information content (AvgIpc) is 2.73. The van der Waals surface area contributed by atoms with Gasteiger partial charge in [0.15, 0.2) is 0 Å². The molecule has 0 spiro atoms. The molecule has 4 heteroatoms. The zero-order valence-electron chi connectivity index (χ0n) is 11.5. The van der Waals surface area contributed by atoms with E-state index in [0.717, 1.165) is 13.1 Å². The van der Waals surface area contributed by atoms with E-state index < -0.39 is 5.97 Å². The molecule has 0 aliphatic carbocycles. The normalized spacial score (nSPS) is 25.1. The fraction of sp³-hybridized carbons (Fsp3) is 0.923. The number of hydrogen-bond donors (Lipinski definition) is 1. The highest BCUT2D eigenvalue weighted by atomic mass is 16.4. The van der Waals surface area contributed by atoms with Crippen LogP contribution in [0.4, 0.5) is 0 Å². The Hall–Kier alpha value is -0.610. The van der Waals surface area contributed by atoms with Crippen molar-refractivity contribution in [2.24, 2.45) is 5.92 Å². The van der Waals surface area contributed by atoms with Crippen LogP contribution in [0.3, 0.4) is 0 Å². The number of likely N-dealkylation sites (tertiary alicyclic amines) is 1. The van der Waals surface area contributed by atoms with Crippen molar-refractivity contribution in [1.29, 1.82) is 0 Å². The van der Waals surface area contributed by atoms with Crippen LogP contribution in [-0.4, -0.2) is 59.6 Å². The summed E-state index contributed by atoms with van der Waals surface area (Å²) in [4.78, 5) is 15.7. The first-order valence-electron chi connectivity index (χ1n) is 6.64. The van der Waals surface area contributed by atoms with Gasteiger partial charge in [0, 0.05) is 18.6 Å². The minimum atomic E-state index is -0.705. The molecule has 1 saturated heterocycles. The summed E-state index contributed by atoms with van der Waals surface area (Å²) in [6, 6.07) is 0.695. The van der Waals surface area contributed by atoms with E-state index in [1.165, 1.54) is 19.4 Å². The molecule has 3 unspecified atom stereocenters. The Labute approximate surface area is 105 Å². The summed E-state index contributed by atoms with van der Waals surface area (Å²) in [7, 11) is 2.04. The molecule has 0 aromatic carbocycles. The number of nitrogens with zero attached hydrogens (tertiary/aromatic N) is 2. The standard InChI is InChI=1S/C13H26N2O2/c1-5-15-8-6-7-12(15)9-14(4)11(3)10(2)13(16)17/h10-12H,5-9H2,1-4H3,(H,16,17). The largest absolute Gasteiger partial charge is 0.481 e. The van der Waals surface area contributed by atoms with Gasteiger partial charge in [-0.05, 0) is 39.9 Å². The second-order valence-electron chi connectivity index (χ2n) is 5.23. The van der Waals surface area contributed by atoms with Gasteiger partial charge in [-0.1, -0.05) is 13.8 Å². The molecule has 100 valence electrons. The minimum Gasteiger partial charge on any atom is -0.481 e. The van der Waals surface area contributed by atoms with Gasteiger partial charge in [-0.2, -0.15) is 0 Å². The maximum atomic E-state index is 11.0. The van der Waals surface area contributed by atoms with Gasteiger partial charge in [-0.15, -0.1) is 0 Å². The van der Waals surface area contributed by atoms with Crippen LogP contribution in [-0.2, 0) is 4.79 Å². The maximum absolute atomic E-state index is 11.0. The number of aliphatic carboxylic acids is 1. The van der Waals surface area contributed by atoms with Crippen LogP contribution in [0.25, 0.3) is 0 Å². The number of rotatable bonds is 6. The highest BCUT2D eigenvalue weighted by molar-refractivity contribution is 5.70. The van der Waals surface area contributed by atoms with Gasteiger partial charge in [0.1, 0.15) is 0 Å². The molecule has 0 amide bonds. The topological polar surface area (TPSA) is 43.8 Å². The first-order valence-corrected chi connectivity index (χ1v) is 6.64. The molecule has 0 saturated carbocycles. The summed E-state index contributed by atoms with van der Waals surface area (Å²) in [6.07, 6.45) is 2.52. The second-order valence-corrected chi connectivity index (χ2v) is 5.23. The molecule has 1 N–H and O–H groups in total. The third kappa shape index (κ3) is 3.68. The monoisotopic (exact) mass is 242 g/mol. The summed E-state index contributed by atoms with van der Waals surface area (Å²) < 4.78 is 0. The van der Waals surface area contributed by atoms with Gasteiger partial charge in [0.2, 0.25) is 0 Å². The van der Waals surface area contributed by atoms with Crippen LogP contribution in [0, 0.1) is 5.92 Å². The lowest BCUT2D eigenvalue weighted by Gasteiger charge is -2.33. The van der Waals surface area contributed by atoms with E-state index in [9.17, 15) is 4.79 Å². The molecule has 0 bridgehead atoms. The molecule has 1 rings (SSSR count). The highest BCUT2D eigenvalue weighted by Crippen LogP contribution is 2.19. The van der Waals surface area contributed by atoms with Gasteiger partial charge >= 0.3 is 5.97 Å². The molecular weight excluding hydrogens is 216 g/mol. The molecular formula is C13H26N2O2. The van der Waals surface area contributed by atoms with Gasteiger partial charge in [-0.3, -0.25) is 9.69 Å². The first kappa shape index (κ1) is 14.5. The number of carboxylic acids is 1. The summed E-state index contributed by atoms with van der Waals surface area (Å²) >= 11 is 0. The lowest BCUT2D eigenvalue weighted by Crippen LogP contribution is -2.45. The summed E-state index contributed by atoms with van der Waals surface area (Å²) in [5, 5.41) is 9.02. The molecule has 1 aliphatic rings. The van der Waals surface area contributed by atoms with Crippen molar-refractivity contribution in [2.75, 3.05) is 26.7 Å². The summed E-state index contributed by atoms with van der Waals surface area (Å²) in [6.45, 7) is 9.26. The molecule has 0 aromatic heterocycles. The van der Waals surface area contributed by atoms with Crippen molar-refractivity contribution < 1.29 is 9.90 Å². The van der Waals surface area contributed by atoms with Crippen molar-refractivity contribution in [3.63, 3.8) is 0 Å². The lowest BCUT2D eigenvalue weighted by atomic mass is 10.0. The molecule has 4 nitrogen and oxygen atoms in total. The summed E-state index contributed by atoms with van der Waals surface area (Å²) in [5.41, 5.74) is 0. The Balaban J connectivity index is 2.47. The van der Waals surface area contributed by atoms with Gasteiger partial charge < -0.3 is 10.0 Å². The third-order valence-corrected chi connectivity index (χ3v) is 4.21. The van der Waals surface area contributed by atoms with Crippen LogP contribution in [0.5, 0.6) is 0 Å². The quantitative estimate of drug-likeness (QED) is 0.767. The number of carboxylic acid groups (broad SMARTS) is 1. The van der Waals surface area contributed by atoms with Crippen molar-refractivity contribution in [1.82, 2.24) is 9.80 Å². The van der Waals surface area contributed by atoms with E-state index in [0.29, 0.717) is 6.04 Å². The molecule has 1 aliphatic heterocycles. The smallest absolute Gasteiger partial charge is 0.307 e. The van der Waals surface area contributed by atoms with Crippen LogP contribution in [0.1, 0.15) is 33.6 Å². The fourth-order valence-corrected chi connectivity index (χ4v) is 2.60. The Morgan fingerprint density at radius 2 is 2.18 bits per heavy atom. The van der Waals surface area contributed by atoms with E-state index in [2.05, 4.69) is 16.7 Å². The average molecular weight is 242 g/mol. The third-order valence-electron chi connectivity index (χ3n) is 4.21. The SMILES string of the molecule is CCN1CCCC1CN(C)C(C)C(C)C(=O)O. The van der Waals surface area contributed by atoms with E-state index in [1.54, 1.807) is 6.92 Å². The van der Waals surface area contributed by atoms with Crippen LogP contribution < -0.4 is 0 Å². The molecule has 1 fully saturated rings. The van der Waals surface area contributed by atoms with Crippen molar-refractivity contribution in [2.45, 2.75) is 45.7 Å². The molecule has 1 heterocycles. The number of carbonyl (C=O) groups is 1. The van der Waals surface area contributed by atoms with Crippen molar-refractivity contribution in [3.05, 3.63) is 0 Å². The van der Waals surface area contributed by atoms with Crippen molar-refractivity contribution >= 4 is 5.97 Å². The van der Waals surface area contributed by atoms with Gasteiger partial charge in [-0.25, -0.2) is 0 Å². The Bertz CT molecular complexity index is 258. The first-order chi connectivity index (χ1) is 7.97. The van der Waals surface area contributed by atoms with Crippen LogP contribution >= 0.6 is 0 Å². The van der Waals surface area contributed by atoms with E-state index in [-0.39, 0.29) is 12.0 Å². The second kappa shape index (κ2) is 6.36. The van der Waals surface area contributed by atoms with Gasteiger partial charge in [0.05, 0.1) is 5.92 Å². The maximum Gasteiger partial charge on any atom is 0.307 e. The molecule has 0 radical (unpaired) electrons. The van der Waals surface area contributed by atoms with E-state index >= 15 is 0 Å². The minimum absolute atomic E-state index is 0.0896. The fourth-order valence-electron chi connectivity index (χ4n) is 2.60. The Kier molecular flexibility index (Phi) is 5.40. The lowest BCUT2D eigenvalue weighted by molar-refractivity contribution is -0.143. The molecule has 17 heavy (non-hydrogen) atoms. The number of hydrogen-bond acceptors (Lipinski definition) is 3. The Morgan fingerprint density at radius 1 is 1.53 bits per heavy atom. The van der Waals surface area contributed by atoms with E-state index in [1.807, 2.05) is 14.0 Å². The van der Waals surface area contributed by atoms with Crippen LogP contribution in [0.15, 0.2) is 0 Å². The van der Waals surface area contributed by atoms with Gasteiger partial charge in [0.25, 0.3) is 0 Å². The zero-order chi connectivity index (χ0) is 13.0. The predicted molar refractivity (Wildman–Crippen MR) is 69.2 cm³/mol. The highest BCUT2D eigenvalue weighted by Gasteiger charge is 2.28. The van der Waals surface area contributed by atoms with E-state index in [4.69, 9.17) is 5.11 Å². The Morgan fingerprint density at radius 3 is 2.71 bits per heavy atom. The number of likely N-dealkylation sites (N-methyl/N-ethyl adjacent to an activating group) is 2. The van der Waals surface area contributed by atoms with Crippen molar-refractivity contribution in [3.8, 4) is 0 Å².